The third kappa shape index (κ3) is 4.50. The number of aliphatic hydroxyl groups is 3. The summed E-state index contributed by atoms with van der Waals surface area (Å²) in [5.74, 6) is -2.28. The van der Waals surface area contributed by atoms with Gasteiger partial charge in [0.1, 0.15) is 5.52 Å². The predicted molar refractivity (Wildman–Crippen MR) is 131 cm³/mol. The van der Waals surface area contributed by atoms with E-state index in [1.54, 1.807) is 13.1 Å². The first-order valence-corrected chi connectivity index (χ1v) is 13.2. The minimum atomic E-state index is -3.11. The quantitative estimate of drug-likeness (QED) is 0.324. The second-order valence-corrected chi connectivity index (χ2v) is 12.1. The highest BCUT2D eigenvalue weighted by molar-refractivity contribution is 7.97. The molecule has 4 aliphatic rings. The molecular formula is C23H31F2N7O3S. The zero-order valence-electron chi connectivity index (χ0n) is 20.1. The average Bonchev–Trinajstić information content (AvgIpc) is 3.54. The van der Waals surface area contributed by atoms with Gasteiger partial charge >= 0.3 is 6.10 Å². The van der Waals surface area contributed by atoms with Gasteiger partial charge in [-0.1, -0.05) is 11.9 Å². The molecule has 1 saturated carbocycles. The van der Waals surface area contributed by atoms with E-state index in [4.69, 9.17) is 4.98 Å². The molecule has 10 nitrogen and oxygen atoms in total. The number of halogens is 2. The van der Waals surface area contributed by atoms with Crippen LogP contribution in [0.1, 0.15) is 31.4 Å². The second-order valence-electron chi connectivity index (χ2n) is 10.7. The van der Waals surface area contributed by atoms with Crippen molar-refractivity contribution in [3.05, 3.63) is 18.0 Å². The Balaban J connectivity index is 1.21. The van der Waals surface area contributed by atoms with E-state index >= 15 is 8.78 Å². The van der Waals surface area contributed by atoms with E-state index in [-0.39, 0.29) is 25.7 Å². The molecule has 36 heavy (non-hydrogen) atoms. The number of aryl methyl sites for hydroxylation is 1. The lowest BCUT2D eigenvalue weighted by atomic mass is 9.76. The summed E-state index contributed by atoms with van der Waals surface area (Å²) in [5.41, 5.74) is -0.336. The molecule has 0 amide bonds. The van der Waals surface area contributed by atoms with Crippen LogP contribution in [0.3, 0.4) is 0 Å². The highest BCUT2D eigenvalue weighted by Crippen LogP contribution is 2.52. The molecule has 6 rings (SSSR count). The summed E-state index contributed by atoms with van der Waals surface area (Å²) >= 11 is 1.98. The van der Waals surface area contributed by atoms with E-state index in [1.807, 2.05) is 18.0 Å². The monoisotopic (exact) mass is 523 g/mol. The van der Waals surface area contributed by atoms with Gasteiger partial charge in [-0.25, -0.2) is 28.6 Å². The first-order chi connectivity index (χ1) is 17.0. The van der Waals surface area contributed by atoms with Crippen molar-refractivity contribution in [2.45, 2.75) is 55.9 Å². The minimum Gasteiger partial charge on any atom is -0.351 e. The van der Waals surface area contributed by atoms with Crippen LogP contribution >= 0.6 is 11.9 Å². The highest BCUT2D eigenvalue weighted by atomic mass is 32.2. The van der Waals surface area contributed by atoms with Crippen LogP contribution in [0.5, 0.6) is 0 Å². The van der Waals surface area contributed by atoms with Gasteiger partial charge in [0.2, 0.25) is 5.95 Å². The third-order valence-electron chi connectivity index (χ3n) is 7.65. The van der Waals surface area contributed by atoms with Gasteiger partial charge in [0.05, 0.1) is 12.0 Å². The molecule has 0 unspecified atom stereocenters. The van der Waals surface area contributed by atoms with Crippen LogP contribution in [0.2, 0.25) is 0 Å². The maximum atomic E-state index is 15.2. The van der Waals surface area contributed by atoms with Gasteiger partial charge in [0.25, 0.3) is 5.92 Å². The van der Waals surface area contributed by atoms with Crippen molar-refractivity contribution in [1.82, 2.24) is 24.2 Å². The van der Waals surface area contributed by atoms with Crippen molar-refractivity contribution >= 4 is 34.6 Å². The summed E-state index contributed by atoms with van der Waals surface area (Å²) < 4.78 is 32.8. The fraction of sp³-hybridized carbons (Fsp3) is 0.696. The fourth-order valence-corrected chi connectivity index (χ4v) is 6.63. The molecule has 1 spiro atoms. The van der Waals surface area contributed by atoms with Crippen LogP contribution in [-0.4, -0.2) is 102 Å². The molecule has 13 heteroatoms. The molecule has 0 bridgehead atoms. The number of pyridine rings is 1. The number of nitrogens with one attached hydrogen (secondary N) is 1. The number of rotatable bonds is 6. The predicted octanol–water partition coefficient (Wildman–Crippen LogP) is 1.37. The molecule has 0 aromatic carbocycles. The summed E-state index contributed by atoms with van der Waals surface area (Å²) in [6.45, 7) is 2.53. The van der Waals surface area contributed by atoms with E-state index in [1.165, 1.54) is 17.7 Å². The molecule has 3 aliphatic heterocycles. The Kier molecular flexibility index (Phi) is 5.81. The Morgan fingerprint density at radius 3 is 2.44 bits per heavy atom. The molecule has 3 saturated heterocycles. The molecule has 2 aromatic rings. The van der Waals surface area contributed by atoms with Gasteiger partial charge < -0.3 is 25.5 Å². The molecule has 196 valence electrons. The highest BCUT2D eigenvalue weighted by Gasteiger charge is 2.68. The zero-order chi connectivity index (χ0) is 25.3. The molecular weight excluding hydrogens is 492 g/mol. The number of aromatic nitrogens is 3. The van der Waals surface area contributed by atoms with Crippen molar-refractivity contribution in [2.75, 3.05) is 49.5 Å². The SMILES string of the molecule is Cc1cc2cnc(NC3CCN(SC4CC4)CC3)nc2c(N2CC(F)(F)C3(C2)CN(C(O)(O)O)C3)n1. The number of piperidine rings is 1. The van der Waals surface area contributed by atoms with E-state index in [2.05, 4.69) is 19.6 Å². The second kappa shape index (κ2) is 8.57. The number of anilines is 2. The Morgan fingerprint density at radius 2 is 1.78 bits per heavy atom. The van der Waals surface area contributed by atoms with Gasteiger partial charge in [0, 0.05) is 61.3 Å². The lowest BCUT2D eigenvalue weighted by molar-refractivity contribution is -0.424. The number of hydrogen-bond acceptors (Lipinski definition) is 11. The number of fused-ring (bicyclic) bond motifs is 1. The number of nitrogens with zero attached hydrogens (tertiary/aromatic N) is 6. The Labute approximate surface area is 211 Å². The molecule has 4 N–H and O–H groups in total. The molecule has 4 fully saturated rings. The van der Waals surface area contributed by atoms with Gasteiger partial charge in [0.15, 0.2) is 5.82 Å². The van der Waals surface area contributed by atoms with Crippen LogP contribution in [-0.2, 0) is 0 Å². The maximum absolute atomic E-state index is 15.2. The van der Waals surface area contributed by atoms with Crippen molar-refractivity contribution < 1.29 is 24.1 Å². The molecule has 1 aliphatic carbocycles. The Bertz CT molecular complexity index is 1150. The Hall–Kier alpha value is -1.90. The van der Waals surface area contributed by atoms with Crippen LogP contribution in [0.15, 0.2) is 12.3 Å². The summed E-state index contributed by atoms with van der Waals surface area (Å²) in [6.07, 6.45) is 3.20. The van der Waals surface area contributed by atoms with E-state index < -0.39 is 24.0 Å². The smallest absolute Gasteiger partial charge is 0.345 e. The van der Waals surface area contributed by atoms with Crippen molar-refractivity contribution in [3.8, 4) is 0 Å². The summed E-state index contributed by atoms with van der Waals surface area (Å²) in [4.78, 5) is 16.1. The lowest BCUT2D eigenvalue weighted by Gasteiger charge is -2.52. The van der Waals surface area contributed by atoms with E-state index in [0.717, 1.165) is 41.5 Å². The minimum absolute atomic E-state index is 0.0397. The maximum Gasteiger partial charge on any atom is 0.345 e. The number of likely N-dealkylation sites (tertiary alicyclic amines) is 1. The molecule has 0 atom stereocenters. The standard InChI is InChI=1S/C23H31F2N7O3S/c1-14-8-15-9-26-20(28-16-4-6-32(7-5-16)36-17-2-3-17)29-18(15)19(27-14)30-10-21(22(24,25)13-30)11-31(12-21)23(33,34)35/h8-9,16-17,33-35H,2-7,10-13H2,1H3,(H,26,28,29). The largest absolute Gasteiger partial charge is 0.351 e. The molecule has 5 heterocycles. The third-order valence-corrected chi connectivity index (χ3v) is 9.09. The normalized spacial score (nSPS) is 25.0. The summed E-state index contributed by atoms with van der Waals surface area (Å²) in [5, 5.41) is 33.1. The first kappa shape index (κ1) is 24.4. The van der Waals surface area contributed by atoms with Gasteiger partial charge in [-0.05, 0) is 38.7 Å². The van der Waals surface area contributed by atoms with Crippen LogP contribution < -0.4 is 10.2 Å². The number of hydrogen-bond donors (Lipinski definition) is 4. The average molecular weight is 524 g/mol. The van der Waals surface area contributed by atoms with Crippen LogP contribution in [0.4, 0.5) is 20.5 Å². The first-order valence-electron chi connectivity index (χ1n) is 12.4. The summed E-state index contributed by atoms with van der Waals surface area (Å²) in [7, 11) is 0. The Morgan fingerprint density at radius 1 is 1.06 bits per heavy atom. The van der Waals surface area contributed by atoms with Crippen molar-refractivity contribution in [1.29, 1.82) is 0 Å². The van der Waals surface area contributed by atoms with E-state index in [0.29, 0.717) is 23.0 Å². The molecule has 2 aromatic heterocycles. The van der Waals surface area contributed by atoms with Gasteiger partial charge in [-0.2, -0.15) is 0 Å². The van der Waals surface area contributed by atoms with Gasteiger partial charge in [-0.3, -0.25) is 4.31 Å². The fourth-order valence-electron chi connectivity index (χ4n) is 5.44. The lowest BCUT2D eigenvalue weighted by Crippen LogP contribution is -2.70. The zero-order valence-corrected chi connectivity index (χ0v) is 20.9. The molecule has 0 radical (unpaired) electrons. The summed E-state index contributed by atoms with van der Waals surface area (Å²) in [6, 6.07) is 2.08. The topological polar surface area (TPSA) is 121 Å². The van der Waals surface area contributed by atoms with Crippen molar-refractivity contribution in [2.24, 2.45) is 5.41 Å². The van der Waals surface area contributed by atoms with Crippen LogP contribution in [0, 0.1) is 12.3 Å². The number of alkyl halides is 2. The van der Waals surface area contributed by atoms with Crippen LogP contribution in [0.25, 0.3) is 10.9 Å². The van der Waals surface area contributed by atoms with Crippen molar-refractivity contribution in [3.63, 3.8) is 0 Å². The van der Waals surface area contributed by atoms with Gasteiger partial charge in [-0.15, -0.1) is 0 Å². The van der Waals surface area contributed by atoms with E-state index in [9.17, 15) is 15.3 Å².